The average Bonchev–Trinajstić information content (AvgIpc) is 2.97. The maximum Gasteiger partial charge on any atom is 0.174 e. The van der Waals surface area contributed by atoms with Gasteiger partial charge in [0.25, 0.3) is 0 Å². The van der Waals surface area contributed by atoms with Gasteiger partial charge in [0.2, 0.25) is 0 Å². The fourth-order valence-electron chi connectivity index (χ4n) is 3.03. The molecule has 1 aromatic carbocycles. The van der Waals surface area contributed by atoms with Crippen molar-refractivity contribution in [3.05, 3.63) is 27.9 Å². The Morgan fingerprint density at radius 3 is 2.87 bits per heavy atom. The van der Waals surface area contributed by atoms with Crippen LogP contribution in [0.5, 0.6) is 11.5 Å². The van der Waals surface area contributed by atoms with E-state index in [0.29, 0.717) is 6.61 Å². The zero-order chi connectivity index (χ0) is 16.4. The van der Waals surface area contributed by atoms with Crippen molar-refractivity contribution in [2.75, 3.05) is 26.8 Å². The zero-order valence-electron chi connectivity index (χ0n) is 13.8. The van der Waals surface area contributed by atoms with Crippen LogP contribution in [0.15, 0.2) is 16.6 Å². The summed E-state index contributed by atoms with van der Waals surface area (Å²) in [6.45, 7) is 7.83. The number of H-pyrrole nitrogens is 1. The highest BCUT2D eigenvalue weighted by atomic mass is 79.9. The van der Waals surface area contributed by atoms with Crippen molar-refractivity contribution >= 4 is 15.9 Å². The first-order valence-corrected chi connectivity index (χ1v) is 8.76. The van der Waals surface area contributed by atoms with Crippen LogP contribution in [-0.4, -0.2) is 41.9 Å². The number of methoxy groups -OCH3 is 1. The summed E-state index contributed by atoms with van der Waals surface area (Å²) in [6, 6.07) is 4.05. The Labute approximate surface area is 145 Å². The SMILES string of the molecule is CCOc1cc(-c2n[nH]c3c2CN(CC)CC3)cc(Br)c1OC. The minimum atomic E-state index is 0.592. The van der Waals surface area contributed by atoms with Crippen LogP contribution < -0.4 is 9.47 Å². The van der Waals surface area contributed by atoms with Gasteiger partial charge in [0, 0.05) is 36.3 Å². The predicted molar refractivity (Wildman–Crippen MR) is 94.1 cm³/mol. The van der Waals surface area contributed by atoms with E-state index in [1.807, 2.05) is 19.1 Å². The summed E-state index contributed by atoms with van der Waals surface area (Å²) in [5.74, 6) is 1.45. The number of aromatic nitrogens is 2. The van der Waals surface area contributed by atoms with Crippen LogP contribution in [-0.2, 0) is 13.0 Å². The number of benzene rings is 1. The molecular formula is C17H22BrN3O2. The second kappa shape index (κ2) is 6.93. The standard InChI is InChI=1S/C17H22BrN3O2/c1-4-21-7-6-14-12(10-21)16(20-19-14)11-8-13(18)17(22-3)15(9-11)23-5-2/h8-9H,4-7,10H2,1-3H3,(H,19,20). The molecule has 124 valence electrons. The van der Waals surface area contributed by atoms with Crippen molar-refractivity contribution in [1.29, 1.82) is 0 Å². The van der Waals surface area contributed by atoms with E-state index in [1.165, 1.54) is 11.3 Å². The summed E-state index contributed by atoms with van der Waals surface area (Å²) in [6.07, 6.45) is 1.02. The molecule has 0 fully saturated rings. The van der Waals surface area contributed by atoms with Crippen molar-refractivity contribution in [1.82, 2.24) is 15.1 Å². The lowest BCUT2D eigenvalue weighted by Crippen LogP contribution is -2.30. The zero-order valence-corrected chi connectivity index (χ0v) is 15.4. The van der Waals surface area contributed by atoms with Gasteiger partial charge in [0.15, 0.2) is 11.5 Å². The van der Waals surface area contributed by atoms with Crippen molar-refractivity contribution in [2.24, 2.45) is 0 Å². The van der Waals surface area contributed by atoms with Crippen LogP contribution in [0.25, 0.3) is 11.3 Å². The molecule has 5 nitrogen and oxygen atoms in total. The molecule has 1 aliphatic rings. The van der Waals surface area contributed by atoms with E-state index in [0.717, 1.165) is 53.3 Å². The molecule has 1 aliphatic heterocycles. The number of nitrogens with zero attached hydrogens (tertiary/aromatic N) is 2. The molecule has 0 saturated carbocycles. The average molecular weight is 380 g/mol. The summed E-state index contributed by atoms with van der Waals surface area (Å²) in [4.78, 5) is 2.43. The van der Waals surface area contributed by atoms with E-state index in [2.05, 4.69) is 38.0 Å². The summed E-state index contributed by atoms with van der Waals surface area (Å²) in [7, 11) is 1.65. The molecule has 0 saturated heterocycles. The van der Waals surface area contributed by atoms with Crippen LogP contribution in [0, 0.1) is 0 Å². The number of hydrogen-bond acceptors (Lipinski definition) is 4. The van der Waals surface area contributed by atoms with Crippen LogP contribution >= 0.6 is 15.9 Å². The van der Waals surface area contributed by atoms with Gasteiger partial charge in [-0.2, -0.15) is 5.10 Å². The third-order valence-electron chi connectivity index (χ3n) is 4.25. The molecule has 0 atom stereocenters. The number of ether oxygens (including phenoxy) is 2. The summed E-state index contributed by atoms with van der Waals surface area (Å²) in [5, 5.41) is 7.77. The van der Waals surface area contributed by atoms with E-state index < -0.39 is 0 Å². The van der Waals surface area contributed by atoms with Crippen LogP contribution in [0.4, 0.5) is 0 Å². The minimum absolute atomic E-state index is 0.592. The van der Waals surface area contributed by atoms with Crippen LogP contribution in [0.3, 0.4) is 0 Å². The number of nitrogens with one attached hydrogen (secondary N) is 1. The molecule has 2 heterocycles. The molecule has 23 heavy (non-hydrogen) atoms. The normalized spacial score (nSPS) is 14.6. The van der Waals surface area contributed by atoms with E-state index in [4.69, 9.17) is 9.47 Å². The van der Waals surface area contributed by atoms with Gasteiger partial charge in [0.05, 0.1) is 23.9 Å². The molecule has 1 N–H and O–H groups in total. The smallest absolute Gasteiger partial charge is 0.174 e. The molecule has 3 rings (SSSR count). The Bertz CT molecular complexity index is 699. The number of fused-ring (bicyclic) bond motifs is 1. The molecule has 0 unspecified atom stereocenters. The summed E-state index contributed by atoms with van der Waals surface area (Å²) >= 11 is 3.58. The lowest BCUT2D eigenvalue weighted by molar-refractivity contribution is 0.267. The summed E-state index contributed by atoms with van der Waals surface area (Å²) in [5.41, 5.74) is 4.58. The highest BCUT2D eigenvalue weighted by molar-refractivity contribution is 9.10. The fourth-order valence-corrected chi connectivity index (χ4v) is 3.63. The minimum Gasteiger partial charge on any atom is -0.492 e. The van der Waals surface area contributed by atoms with Gasteiger partial charge in [-0.1, -0.05) is 6.92 Å². The molecule has 6 heteroatoms. The number of likely N-dealkylation sites (N-methyl/N-ethyl adjacent to an activating group) is 1. The Hall–Kier alpha value is -1.53. The van der Waals surface area contributed by atoms with Gasteiger partial charge in [-0.3, -0.25) is 10.00 Å². The molecule has 0 amide bonds. The quantitative estimate of drug-likeness (QED) is 0.861. The molecule has 2 aromatic rings. The highest BCUT2D eigenvalue weighted by Crippen LogP contribution is 2.40. The molecule has 0 bridgehead atoms. The summed E-state index contributed by atoms with van der Waals surface area (Å²) < 4.78 is 12.0. The topological polar surface area (TPSA) is 50.4 Å². The van der Waals surface area contributed by atoms with Gasteiger partial charge < -0.3 is 9.47 Å². The predicted octanol–water partition coefficient (Wildman–Crippen LogP) is 3.62. The van der Waals surface area contributed by atoms with Crippen molar-refractivity contribution in [2.45, 2.75) is 26.8 Å². The fraction of sp³-hybridized carbons (Fsp3) is 0.471. The third-order valence-corrected chi connectivity index (χ3v) is 4.84. The first-order chi connectivity index (χ1) is 11.2. The van der Waals surface area contributed by atoms with Gasteiger partial charge in [-0.25, -0.2) is 0 Å². The van der Waals surface area contributed by atoms with Crippen LogP contribution in [0.1, 0.15) is 25.1 Å². The maximum atomic E-state index is 5.73. The number of hydrogen-bond donors (Lipinski definition) is 1. The van der Waals surface area contributed by atoms with E-state index in [1.54, 1.807) is 7.11 Å². The van der Waals surface area contributed by atoms with E-state index >= 15 is 0 Å². The number of aromatic amines is 1. The molecular weight excluding hydrogens is 358 g/mol. The lowest BCUT2D eigenvalue weighted by Gasteiger charge is -2.25. The third kappa shape index (κ3) is 3.10. The van der Waals surface area contributed by atoms with Gasteiger partial charge in [-0.05, 0) is 41.5 Å². The highest BCUT2D eigenvalue weighted by Gasteiger charge is 2.23. The van der Waals surface area contributed by atoms with E-state index in [-0.39, 0.29) is 0 Å². The first kappa shape index (κ1) is 16.3. The van der Waals surface area contributed by atoms with Crippen molar-refractivity contribution < 1.29 is 9.47 Å². The largest absolute Gasteiger partial charge is 0.492 e. The second-order valence-electron chi connectivity index (χ2n) is 5.57. The van der Waals surface area contributed by atoms with Gasteiger partial charge in [-0.15, -0.1) is 0 Å². The van der Waals surface area contributed by atoms with Gasteiger partial charge in [0.1, 0.15) is 0 Å². The first-order valence-electron chi connectivity index (χ1n) is 7.97. The second-order valence-corrected chi connectivity index (χ2v) is 6.42. The number of halogens is 1. The van der Waals surface area contributed by atoms with Gasteiger partial charge >= 0.3 is 0 Å². The van der Waals surface area contributed by atoms with E-state index in [9.17, 15) is 0 Å². The number of rotatable bonds is 5. The Balaban J connectivity index is 2.04. The van der Waals surface area contributed by atoms with Crippen molar-refractivity contribution in [3.63, 3.8) is 0 Å². The molecule has 0 spiro atoms. The molecule has 0 aliphatic carbocycles. The van der Waals surface area contributed by atoms with Crippen molar-refractivity contribution in [3.8, 4) is 22.8 Å². The molecule has 0 radical (unpaired) electrons. The Kier molecular flexibility index (Phi) is 4.92. The molecule has 1 aromatic heterocycles. The monoisotopic (exact) mass is 379 g/mol. The van der Waals surface area contributed by atoms with Crippen LogP contribution in [0.2, 0.25) is 0 Å². The maximum absolute atomic E-state index is 5.73. The lowest BCUT2D eigenvalue weighted by atomic mass is 10.0. The Morgan fingerprint density at radius 2 is 2.17 bits per heavy atom. The Morgan fingerprint density at radius 1 is 1.35 bits per heavy atom.